The van der Waals surface area contributed by atoms with Gasteiger partial charge in [0.05, 0.1) is 5.56 Å². The fourth-order valence-electron chi connectivity index (χ4n) is 1.83. The van der Waals surface area contributed by atoms with E-state index in [4.69, 9.17) is 25.2 Å². The fraction of sp³-hybridized carbons (Fsp3) is 0.267. The molecule has 2 N–H and O–H groups in total. The maximum Gasteiger partial charge on any atom is 0.338 e. The number of ketones is 1. The van der Waals surface area contributed by atoms with Gasteiger partial charge in [-0.2, -0.15) is 5.26 Å². The minimum Gasteiger partial charge on any atom is -0.486 e. The molecule has 0 aromatic heterocycles. The second-order valence-electron chi connectivity index (χ2n) is 4.53. The zero-order valence-corrected chi connectivity index (χ0v) is 11.9. The molecule has 0 saturated heterocycles. The lowest BCUT2D eigenvalue weighted by Crippen LogP contribution is -2.18. The topological polar surface area (TPSA) is 112 Å². The number of hydrogen-bond donors (Lipinski definition) is 1. The first-order chi connectivity index (χ1) is 10.5. The molecule has 2 rings (SSSR count). The van der Waals surface area contributed by atoms with Crippen molar-refractivity contribution >= 4 is 11.8 Å². The summed E-state index contributed by atoms with van der Waals surface area (Å²) in [6, 6.07) is 6.27. The Bertz CT molecular complexity index is 684. The summed E-state index contributed by atoms with van der Waals surface area (Å²) in [7, 11) is 0. The Kier molecular flexibility index (Phi) is 4.63. The highest BCUT2D eigenvalue weighted by atomic mass is 16.6. The monoisotopic (exact) mass is 302 g/mol. The SMILES string of the molecule is CC(N)=C(C#N)C(=O)COC(=O)c1ccc2c(c1)OCCO2. The van der Waals surface area contributed by atoms with E-state index in [2.05, 4.69) is 0 Å². The minimum absolute atomic E-state index is 0.0860. The third-order valence-electron chi connectivity index (χ3n) is 2.90. The van der Waals surface area contributed by atoms with Crippen LogP contribution in [-0.4, -0.2) is 31.6 Å². The average molecular weight is 302 g/mol. The molecule has 0 unspecified atom stereocenters. The van der Waals surface area contributed by atoms with Crippen LogP contribution >= 0.6 is 0 Å². The molecule has 7 heteroatoms. The van der Waals surface area contributed by atoms with Crippen LogP contribution < -0.4 is 15.2 Å². The lowest BCUT2D eigenvalue weighted by Gasteiger charge is -2.18. The van der Waals surface area contributed by atoms with Gasteiger partial charge in [-0.3, -0.25) is 4.79 Å². The molecule has 1 aromatic carbocycles. The Balaban J connectivity index is 2.03. The van der Waals surface area contributed by atoms with Crippen molar-refractivity contribution in [2.45, 2.75) is 6.92 Å². The van der Waals surface area contributed by atoms with E-state index in [1.807, 2.05) is 0 Å². The molecule has 7 nitrogen and oxygen atoms in total. The summed E-state index contributed by atoms with van der Waals surface area (Å²) in [6.45, 7) is 1.73. The number of benzene rings is 1. The maximum atomic E-state index is 11.9. The van der Waals surface area contributed by atoms with Crippen LogP contribution in [0, 0.1) is 11.3 Å². The first-order valence-electron chi connectivity index (χ1n) is 6.49. The molecule has 1 aliphatic rings. The molecule has 0 bridgehead atoms. The van der Waals surface area contributed by atoms with Gasteiger partial charge >= 0.3 is 5.97 Å². The van der Waals surface area contributed by atoms with Crippen molar-refractivity contribution in [2.75, 3.05) is 19.8 Å². The number of carbonyl (C=O) groups excluding carboxylic acids is 2. The molecule has 1 heterocycles. The lowest BCUT2D eigenvalue weighted by atomic mass is 10.1. The van der Waals surface area contributed by atoms with Crippen LogP contribution in [0.5, 0.6) is 11.5 Å². The Hall–Kier alpha value is -3.01. The van der Waals surface area contributed by atoms with E-state index < -0.39 is 18.4 Å². The molecule has 1 aliphatic heterocycles. The summed E-state index contributed by atoms with van der Waals surface area (Å²) < 4.78 is 15.6. The van der Waals surface area contributed by atoms with Crippen LogP contribution in [-0.2, 0) is 9.53 Å². The first kappa shape index (κ1) is 15.4. The third kappa shape index (κ3) is 3.35. The van der Waals surface area contributed by atoms with Crippen molar-refractivity contribution in [3.05, 3.63) is 35.0 Å². The fourth-order valence-corrected chi connectivity index (χ4v) is 1.83. The number of nitriles is 1. The lowest BCUT2D eigenvalue weighted by molar-refractivity contribution is -0.118. The van der Waals surface area contributed by atoms with Gasteiger partial charge in [-0.15, -0.1) is 0 Å². The second-order valence-corrected chi connectivity index (χ2v) is 4.53. The van der Waals surface area contributed by atoms with Gasteiger partial charge in [0, 0.05) is 5.70 Å². The Labute approximate surface area is 126 Å². The van der Waals surface area contributed by atoms with E-state index >= 15 is 0 Å². The molecule has 0 fully saturated rings. The number of allylic oxidation sites excluding steroid dienone is 1. The minimum atomic E-state index is -0.697. The van der Waals surface area contributed by atoms with E-state index in [1.165, 1.54) is 19.1 Å². The number of fused-ring (bicyclic) bond motifs is 1. The molecule has 0 amide bonds. The van der Waals surface area contributed by atoms with Crippen molar-refractivity contribution in [3.63, 3.8) is 0 Å². The van der Waals surface area contributed by atoms with E-state index in [1.54, 1.807) is 12.1 Å². The van der Waals surface area contributed by atoms with Gasteiger partial charge in [0.2, 0.25) is 5.78 Å². The molecule has 114 valence electrons. The summed E-state index contributed by atoms with van der Waals surface area (Å²) >= 11 is 0. The summed E-state index contributed by atoms with van der Waals surface area (Å²) in [6.07, 6.45) is 0. The molecule has 0 radical (unpaired) electrons. The normalized spacial score (nSPS) is 13.6. The van der Waals surface area contributed by atoms with Crippen molar-refractivity contribution in [1.29, 1.82) is 5.26 Å². The molecular formula is C15H14N2O5. The van der Waals surface area contributed by atoms with Crippen LogP contribution in [0.1, 0.15) is 17.3 Å². The predicted molar refractivity (Wildman–Crippen MR) is 75.2 cm³/mol. The van der Waals surface area contributed by atoms with E-state index in [0.717, 1.165) is 0 Å². The average Bonchev–Trinajstić information content (AvgIpc) is 2.52. The standard InChI is InChI=1S/C15H14N2O5/c1-9(17)11(7-16)12(18)8-22-15(19)10-2-3-13-14(6-10)21-5-4-20-13/h2-3,6H,4-5,8,17H2,1H3. The van der Waals surface area contributed by atoms with Gasteiger partial charge in [0.25, 0.3) is 0 Å². The van der Waals surface area contributed by atoms with Crippen molar-refractivity contribution in [2.24, 2.45) is 5.73 Å². The summed E-state index contributed by atoms with van der Waals surface area (Å²) in [5, 5.41) is 8.80. The number of carbonyl (C=O) groups is 2. The number of esters is 1. The highest BCUT2D eigenvalue weighted by Gasteiger charge is 2.18. The van der Waals surface area contributed by atoms with Crippen LogP contribution in [0.15, 0.2) is 29.5 Å². The molecule has 0 aliphatic carbocycles. The highest BCUT2D eigenvalue weighted by molar-refractivity contribution is 6.02. The van der Waals surface area contributed by atoms with Crippen LogP contribution in [0.4, 0.5) is 0 Å². The molecule has 1 aromatic rings. The smallest absolute Gasteiger partial charge is 0.338 e. The molecule has 22 heavy (non-hydrogen) atoms. The summed E-state index contributed by atoms with van der Waals surface area (Å²) in [5.41, 5.74) is 5.51. The van der Waals surface area contributed by atoms with Crippen LogP contribution in [0.2, 0.25) is 0 Å². The van der Waals surface area contributed by atoms with E-state index in [0.29, 0.717) is 24.7 Å². The first-order valence-corrected chi connectivity index (χ1v) is 6.49. The van der Waals surface area contributed by atoms with Crippen molar-refractivity contribution in [1.82, 2.24) is 0 Å². The maximum absolute atomic E-state index is 11.9. The number of hydrogen-bond acceptors (Lipinski definition) is 7. The van der Waals surface area contributed by atoms with E-state index in [9.17, 15) is 9.59 Å². The zero-order valence-electron chi connectivity index (χ0n) is 11.9. The number of nitrogens with zero attached hydrogens (tertiary/aromatic N) is 1. The molecule has 0 atom stereocenters. The second kappa shape index (κ2) is 6.63. The van der Waals surface area contributed by atoms with Gasteiger partial charge in [0.1, 0.15) is 24.9 Å². The summed E-state index contributed by atoms with van der Waals surface area (Å²) in [5.74, 6) is -0.347. The Morgan fingerprint density at radius 1 is 1.32 bits per heavy atom. The van der Waals surface area contributed by atoms with E-state index in [-0.39, 0.29) is 16.8 Å². The number of rotatable bonds is 4. The number of nitrogens with two attached hydrogens (primary N) is 1. The largest absolute Gasteiger partial charge is 0.486 e. The van der Waals surface area contributed by atoms with Crippen molar-refractivity contribution in [3.8, 4) is 17.6 Å². The number of Topliss-reactive ketones (excluding diaryl/α,β-unsaturated/α-hetero) is 1. The van der Waals surface area contributed by atoms with Gasteiger partial charge in [-0.05, 0) is 25.1 Å². The molecule has 0 saturated carbocycles. The zero-order chi connectivity index (χ0) is 16.1. The molecular weight excluding hydrogens is 288 g/mol. The predicted octanol–water partition coefficient (Wildman–Crippen LogP) is 0.940. The quantitative estimate of drug-likeness (QED) is 0.500. The van der Waals surface area contributed by atoms with Crippen LogP contribution in [0.3, 0.4) is 0 Å². The molecule has 0 spiro atoms. The van der Waals surface area contributed by atoms with Gasteiger partial charge in [-0.1, -0.05) is 0 Å². The van der Waals surface area contributed by atoms with Crippen molar-refractivity contribution < 1.29 is 23.8 Å². The van der Waals surface area contributed by atoms with Gasteiger partial charge in [0.15, 0.2) is 18.1 Å². The number of ether oxygens (including phenoxy) is 3. The Morgan fingerprint density at radius 3 is 2.64 bits per heavy atom. The summed E-state index contributed by atoms with van der Waals surface area (Å²) in [4.78, 5) is 23.6. The Morgan fingerprint density at radius 2 is 2.00 bits per heavy atom. The van der Waals surface area contributed by atoms with Gasteiger partial charge in [-0.25, -0.2) is 4.79 Å². The third-order valence-corrected chi connectivity index (χ3v) is 2.90. The van der Waals surface area contributed by atoms with Gasteiger partial charge < -0.3 is 19.9 Å². The van der Waals surface area contributed by atoms with Crippen LogP contribution in [0.25, 0.3) is 0 Å². The highest BCUT2D eigenvalue weighted by Crippen LogP contribution is 2.30.